The molecule has 0 amide bonds. The van der Waals surface area contributed by atoms with Crippen LogP contribution in [-0.2, 0) is 13.0 Å². The van der Waals surface area contributed by atoms with Crippen LogP contribution in [-0.4, -0.2) is 32.8 Å². The van der Waals surface area contributed by atoms with Crippen LogP contribution in [0.25, 0.3) is 10.9 Å². The van der Waals surface area contributed by atoms with Crippen LogP contribution in [0, 0.1) is 11.3 Å². The summed E-state index contributed by atoms with van der Waals surface area (Å²) < 4.78 is 2.37. The van der Waals surface area contributed by atoms with E-state index >= 15 is 0 Å². The number of nitriles is 1. The molecule has 2 aliphatic rings. The first-order valence-corrected chi connectivity index (χ1v) is 10.3. The van der Waals surface area contributed by atoms with Crippen LogP contribution in [0.15, 0.2) is 30.5 Å². The number of benzene rings is 1. The van der Waals surface area contributed by atoms with Gasteiger partial charge >= 0.3 is 0 Å². The molecule has 3 aromatic rings. The molecule has 0 spiro atoms. The second-order valence-corrected chi connectivity index (χ2v) is 7.87. The van der Waals surface area contributed by atoms with Crippen molar-refractivity contribution in [3.8, 4) is 6.07 Å². The molecule has 5 rings (SSSR count). The second kappa shape index (κ2) is 7.23. The summed E-state index contributed by atoms with van der Waals surface area (Å²) in [6.07, 6.45) is 8.66. The molecule has 0 saturated carbocycles. The van der Waals surface area contributed by atoms with E-state index in [0.29, 0.717) is 11.5 Å². The van der Waals surface area contributed by atoms with E-state index < -0.39 is 0 Å². The lowest BCUT2D eigenvalue weighted by Gasteiger charge is -2.35. The number of rotatable bonds is 2. The highest BCUT2D eigenvalue weighted by atomic mass is 15.3. The van der Waals surface area contributed by atoms with Crippen molar-refractivity contribution in [1.29, 1.82) is 5.26 Å². The normalized spacial score (nSPS) is 19.8. The lowest BCUT2D eigenvalue weighted by atomic mass is 9.95. The maximum Gasteiger partial charge on any atom is 0.137 e. The van der Waals surface area contributed by atoms with Gasteiger partial charge in [0.15, 0.2) is 0 Å². The summed E-state index contributed by atoms with van der Waals surface area (Å²) >= 11 is 0. The van der Waals surface area contributed by atoms with Gasteiger partial charge in [-0.05, 0) is 31.7 Å². The van der Waals surface area contributed by atoms with Gasteiger partial charge in [0, 0.05) is 43.6 Å². The Morgan fingerprint density at radius 2 is 1.96 bits per heavy atom. The highest BCUT2D eigenvalue weighted by Gasteiger charge is 2.29. The molecule has 1 aromatic carbocycles. The number of anilines is 1. The molecular weight excluding hydrogens is 348 g/mol. The summed E-state index contributed by atoms with van der Waals surface area (Å²) in [6, 6.07) is 10.5. The van der Waals surface area contributed by atoms with Gasteiger partial charge in [-0.15, -0.1) is 10.2 Å². The number of hydrogen-bond acceptors (Lipinski definition) is 5. The molecule has 142 valence electrons. The maximum absolute atomic E-state index is 9.70. The van der Waals surface area contributed by atoms with Gasteiger partial charge in [0.25, 0.3) is 0 Å². The Labute approximate surface area is 164 Å². The van der Waals surface area contributed by atoms with Crippen LogP contribution < -0.4 is 4.90 Å². The molecule has 1 fully saturated rings. The number of nitrogens with zero attached hydrogens (tertiary/aromatic N) is 6. The van der Waals surface area contributed by atoms with Gasteiger partial charge in [-0.2, -0.15) is 5.26 Å². The summed E-state index contributed by atoms with van der Waals surface area (Å²) in [6.45, 7) is 2.87. The second-order valence-electron chi connectivity index (χ2n) is 7.87. The molecule has 0 bridgehead atoms. The van der Waals surface area contributed by atoms with Crippen molar-refractivity contribution in [2.45, 2.75) is 51.0 Å². The highest BCUT2D eigenvalue weighted by molar-refractivity contribution is 5.94. The van der Waals surface area contributed by atoms with Gasteiger partial charge in [-0.1, -0.05) is 24.6 Å². The van der Waals surface area contributed by atoms with E-state index in [1.165, 1.54) is 19.3 Å². The fourth-order valence-corrected chi connectivity index (χ4v) is 4.75. The fraction of sp³-hybridized carbons (Fsp3) is 0.455. The van der Waals surface area contributed by atoms with Crippen LogP contribution in [0.5, 0.6) is 0 Å². The molecule has 0 N–H and O–H groups in total. The standard InChI is InChI=1S/C22H24N6/c23-13-17-14-24-19-9-4-3-8-18(19)21(17)27-11-6-7-16(15-27)22-26-25-20-10-2-1-5-12-28(20)22/h3-4,8-9,14,16H,1-2,5-7,10-12,15H2. The highest BCUT2D eigenvalue weighted by Crippen LogP contribution is 2.35. The van der Waals surface area contributed by atoms with Gasteiger partial charge < -0.3 is 9.47 Å². The lowest BCUT2D eigenvalue weighted by molar-refractivity contribution is 0.466. The Morgan fingerprint density at radius 3 is 2.89 bits per heavy atom. The van der Waals surface area contributed by atoms with E-state index in [9.17, 15) is 5.26 Å². The van der Waals surface area contributed by atoms with Crippen molar-refractivity contribution in [2.24, 2.45) is 0 Å². The van der Waals surface area contributed by atoms with Crippen molar-refractivity contribution >= 4 is 16.6 Å². The van der Waals surface area contributed by atoms with Gasteiger partial charge in [-0.25, -0.2) is 0 Å². The maximum atomic E-state index is 9.70. The number of para-hydroxylation sites is 1. The third-order valence-electron chi connectivity index (χ3n) is 6.11. The summed E-state index contributed by atoms with van der Waals surface area (Å²) in [7, 11) is 0. The zero-order valence-electron chi connectivity index (χ0n) is 16.0. The first-order valence-electron chi connectivity index (χ1n) is 10.3. The summed E-state index contributed by atoms with van der Waals surface area (Å²) in [5.41, 5.74) is 2.61. The van der Waals surface area contributed by atoms with Crippen molar-refractivity contribution < 1.29 is 0 Å². The minimum absolute atomic E-state index is 0.353. The average Bonchev–Trinajstić information content (AvgIpc) is 3.01. The van der Waals surface area contributed by atoms with Gasteiger partial charge in [0.05, 0.1) is 16.8 Å². The average molecular weight is 372 g/mol. The van der Waals surface area contributed by atoms with E-state index in [0.717, 1.165) is 67.1 Å². The Balaban J connectivity index is 1.52. The largest absolute Gasteiger partial charge is 0.369 e. The molecule has 2 aliphatic heterocycles. The predicted molar refractivity (Wildman–Crippen MR) is 108 cm³/mol. The van der Waals surface area contributed by atoms with Crippen molar-refractivity contribution in [3.05, 3.63) is 47.7 Å². The summed E-state index contributed by atoms with van der Waals surface area (Å²) in [4.78, 5) is 6.84. The van der Waals surface area contributed by atoms with Gasteiger partial charge in [0.1, 0.15) is 17.7 Å². The number of aromatic nitrogens is 4. The third kappa shape index (κ3) is 2.91. The topological polar surface area (TPSA) is 70.6 Å². The number of hydrogen-bond donors (Lipinski definition) is 0. The number of fused-ring (bicyclic) bond motifs is 2. The number of pyridine rings is 1. The van der Waals surface area contributed by atoms with Crippen LogP contribution in [0.2, 0.25) is 0 Å². The first-order chi connectivity index (χ1) is 13.8. The van der Waals surface area contributed by atoms with Gasteiger partial charge in [-0.3, -0.25) is 4.98 Å². The molecule has 0 radical (unpaired) electrons. The Morgan fingerprint density at radius 1 is 1.04 bits per heavy atom. The molecule has 0 aliphatic carbocycles. The third-order valence-corrected chi connectivity index (χ3v) is 6.11. The van der Waals surface area contributed by atoms with Crippen LogP contribution in [0.4, 0.5) is 5.69 Å². The molecule has 4 heterocycles. The molecule has 1 atom stereocenters. The molecule has 1 unspecified atom stereocenters. The van der Waals surface area contributed by atoms with Crippen molar-refractivity contribution in [3.63, 3.8) is 0 Å². The van der Waals surface area contributed by atoms with E-state index in [1.54, 1.807) is 6.20 Å². The molecule has 2 aromatic heterocycles. The van der Waals surface area contributed by atoms with E-state index in [-0.39, 0.29) is 0 Å². The quantitative estimate of drug-likeness (QED) is 0.684. The molecule has 6 heteroatoms. The van der Waals surface area contributed by atoms with Crippen LogP contribution >= 0.6 is 0 Å². The first kappa shape index (κ1) is 17.2. The monoisotopic (exact) mass is 372 g/mol. The minimum atomic E-state index is 0.353. The summed E-state index contributed by atoms with van der Waals surface area (Å²) in [5.74, 6) is 2.64. The van der Waals surface area contributed by atoms with Crippen molar-refractivity contribution in [2.75, 3.05) is 18.0 Å². The zero-order chi connectivity index (χ0) is 18.9. The Bertz CT molecular complexity index is 1050. The summed E-state index contributed by atoms with van der Waals surface area (Å²) in [5, 5.41) is 19.9. The lowest BCUT2D eigenvalue weighted by Crippen LogP contribution is -2.36. The predicted octanol–water partition coefficient (Wildman–Crippen LogP) is 3.81. The smallest absolute Gasteiger partial charge is 0.137 e. The number of piperidine rings is 1. The van der Waals surface area contributed by atoms with E-state index in [4.69, 9.17) is 0 Å². The molecule has 1 saturated heterocycles. The van der Waals surface area contributed by atoms with E-state index in [2.05, 4.69) is 36.8 Å². The van der Waals surface area contributed by atoms with E-state index in [1.807, 2.05) is 18.2 Å². The SMILES string of the molecule is N#Cc1cnc2ccccc2c1N1CCCC(c2nnc3n2CCCCC3)C1. The number of aryl methyl sites for hydroxylation is 1. The van der Waals surface area contributed by atoms with Crippen molar-refractivity contribution in [1.82, 2.24) is 19.7 Å². The zero-order valence-corrected chi connectivity index (χ0v) is 16.0. The minimum Gasteiger partial charge on any atom is -0.369 e. The molecule has 28 heavy (non-hydrogen) atoms. The van der Waals surface area contributed by atoms with Crippen LogP contribution in [0.1, 0.15) is 55.2 Å². The molecular formula is C22H24N6. The fourth-order valence-electron chi connectivity index (χ4n) is 4.75. The Kier molecular flexibility index (Phi) is 4.44. The van der Waals surface area contributed by atoms with Gasteiger partial charge in [0.2, 0.25) is 0 Å². The van der Waals surface area contributed by atoms with Crippen LogP contribution in [0.3, 0.4) is 0 Å². The molecule has 6 nitrogen and oxygen atoms in total. The Hall–Kier alpha value is -2.94.